The van der Waals surface area contributed by atoms with Crippen LogP contribution in [0.4, 0.5) is 0 Å². The Morgan fingerprint density at radius 3 is 2.23 bits per heavy atom. The van der Waals surface area contributed by atoms with Crippen LogP contribution >= 0.6 is 0 Å². The molecule has 9 heteroatoms. The fourth-order valence-electron chi connectivity index (χ4n) is 5.10. The zero-order valence-electron chi connectivity index (χ0n) is 23.6. The first-order chi connectivity index (χ1) is 20.8. The Bertz CT molecular complexity index is 1810. The normalized spacial score (nSPS) is 11.7. The number of carbonyl (C=O) groups is 1. The third-order valence-corrected chi connectivity index (χ3v) is 7.22. The van der Waals surface area contributed by atoms with Crippen LogP contribution in [0.5, 0.6) is 28.7 Å². The van der Waals surface area contributed by atoms with Crippen molar-refractivity contribution in [2.45, 2.75) is 18.8 Å². The van der Waals surface area contributed by atoms with Crippen LogP contribution in [0, 0.1) is 0 Å². The standard InChI is InChI=1S/C34H30O9/c1-40-25-15-9-14-22(33(25)42-17-16-20-10-5-3-6-11-20)23(18-27(36)41-2)28-30(37)32(39)31(38)29-24(35)19-26(43-34(28)29)21-12-7-4-8-13-21/h3-15,19,23,37-39H,16-18H2,1-2H3. The maximum Gasteiger partial charge on any atom is 0.306 e. The van der Waals surface area contributed by atoms with Crippen molar-refractivity contribution in [1.29, 1.82) is 0 Å². The summed E-state index contributed by atoms with van der Waals surface area (Å²) in [6.45, 7) is 0.253. The van der Waals surface area contributed by atoms with Crippen LogP contribution in [0.3, 0.4) is 0 Å². The molecule has 4 aromatic carbocycles. The first kappa shape index (κ1) is 29.1. The van der Waals surface area contributed by atoms with Gasteiger partial charge in [-0.25, -0.2) is 0 Å². The Hall–Kier alpha value is -5.44. The van der Waals surface area contributed by atoms with Gasteiger partial charge in [0.25, 0.3) is 0 Å². The van der Waals surface area contributed by atoms with Crippen molar-refractivity contribution in [3.8, 4) is 40.1 Å². The molecule has 220 valence electrons. The van der Waals surface area contributed by atoms with Gasteiger partial charge in [-0.3, -0.25) is 9.59 Å². The van der Waals surface area contributed by atoms with Gasteiger partial charge in [-0.15, -0.1) is 0 Å². The molecule has 0 aliphatic heterocycles. The van der Waals surface area contributed by atoms with Gasteiger partial charge in [0.1, 0.15) is 16.7 Å². The minimum absolute atomic E-state index is 0.105. The van der Waals surface area contributed by atoms with E-state index in [-0.39, 0.29) is 41.1 Å². The van der Waals surface area contributed by atoms with Crippen LogP contribution in [0.2, 0.25) is 0 Å². The maximum atomic E-state index is 13.3. The Balaban J connectivity index is 1.74. The summed E-state index contributed by atoms with van der Waals surface area (Å²) in [6.07, 6.45) is 0.231. The molecule has 0 bridgehead atoms. The van der Waals surface area contributed by atoms with E-state index in [2.05, 4.69) is 0 Å². The van der Waals surface area contributed by atoms with Crippen LogP contribution in [0.1, 0.15) is 29.0 Å². The van der Waals surface area contributed by atoms with Crippen molar-refractivity contribution in [1.82, 2.24) is 0 Å². The number of rotatable bonds is 10. The largest absolute Gasteiger partial charge is 0.504 e. The van der Waals surface area contributed by atoms with E-state index in [9.17, 15) is 24.9 Å². The van der Waals surface area contributed by atoms with E-state index in [1.165, 1.54) is 20.3 Å². The number of esters is 1. The van der Waals surface area contributed by atoms with Crippen molar-refractivity contribution >= 4 is 16.9 Å². The molecule has 3 N–H and O–H groups in total. The minimum Gasteiger partial charge on any atom is -0.504 e. The van der Waals surface area contributed by atoms with Crippen LogP contribution in [-0.4, -0.2) is 42.1 Å². The lowest BCUT2D eigenvalue weighted by Crippen LogP contribution is -2.14. The summed E-state index contributed by atoms with van der Waals surface area (Å²) in [4.78, 5) is 26.1. The van der Waals surface area contributed by atoms with Gasteiger partial charge in [0.05, 0.1) is 27.2 Å². The van der Waals surface area contributed by atoms with Crippen LogP contribution < -0.4 is 14.9 Å². The molecule has 43 heavy (non-hydrogen) atoms. The van der Waals surface area contributed by atoms with Crippen molar-refractivity contribution in [2.24, 2.45) is 0 Å². The average Bonchev–Trinajstić information content (AvgIpc) is 3.03. The summed E-state index contributed by atoms with van der Waals surface area (Å²) in [5.41, 5.74) is 1.05. The molecule has 1 atom stereocenters. The third-order valence-electron chi connectivity index (χ3n) is 7.22. The zero-order chi connectivity index (χ0) is 30.5. The predicted molar refractivity (Wildman–Crippen MR) is 160 cm³/mol. The van der Waals surface area contributed by atoms with E-state index in [0.29, 0.717) is 23.3 Å². The molecule has 5 aromatic rings. The number of methoxy groups -OCH3 is 2. The Kier molecular flexibility index (Phi) is 8.52. The number of carbonyl (C=O) groups excluding carboxylic acids is 1. The average molecular weight is 583 g/mol. The van der Waals surface area contributed by atoms with Crippen molar-refractivity contribution in [3.05, 3.63) is 112 Å². The topological polar surface area (TPSA) is 136 Å². The number of hydrogen-bond donors (Lipinski definition) is 3. The van der Waals surface area contributed by atoms with Gasteiger partial charge in [-0.05, 0) is 11.6 Å². The maximum absolute atomic E-state index is 13.3. The lowest BCUT2D eigenvalue weighted by atomic mass is 9.85. The molecule has 0 aliphatic carbocycles. The number of fused-ring (bicyclic) bond motifs is 1. The summed E-state index contributed by atoms with van der Waals surface area (Å²) >= 11 is 0. The second kappa shape index (κ2) is 12.6. The number of phenolic OH excluding ortho intramolecular Hbond substituents is 3. The number of para-hydroxylation sites is 1. The number of ether oxygens (including phenoxy) is 3. The van der Waals surface area contributed by atoms with Gasteiger partial charge in [-0.1, -0.05) is 72.8 Å². The molecule has 0 radical (unpaired) electrons. The molecule has 0 saturated heterocycles. The van der Waals surface area contributed by atoms with Crippen molar-refractivity contribution < 1.29 is 38.7 Å². The molecule has 1 unspecified atom stereocenters. The first-order valence-corrected chi connectivity index (χ1v) is 13.5. The summed E-state index contributed by atoms with van der Waals surface area (Å²) in [7, 11) is 2.70. The van der Waals surface area contributed by atoms with E-state index in [4.69, 9.17) is 18.6 Å². The van der Waals surface area contributed by atoms with Gasteiger partial charge < -0.3 is 33.9 Å². The minimum atomic E-state index is -1.07. The summed E-state index contributed by atoms with van der Waals surface area (Å²) in [6, 6.07) is 24.8. The monoisotopic (exact) mass is 582 g/mol. The van der Waals surface area contributed by atoms with E-state index in [1.54, 1.807) is 48.5 Å². The second-order valence-corrected chi connectivity index (χ2v) is 9.80. The molecule has 1 heterocycles. The van der Waals surface area contributed by atoms with Gasteiger partial charge in [0.2, 0.25) is 5.75 Å². The molecular weight excluding hydrogens is 552 g/mol. The molecule has 0 amide bonds. The molecular formula is C34H30O9. The lowest BCUT2D eigenvalue weighted by Gasteiger charge is -2.24. The summed E-state index contributed by atoms with van der Waals surface area (Å²) in [5.74, 6) is -3.44. The smallest absolute Gasteiger partial charge is 0.306 e. The predicted octanol–water partition coefficient (Wildman–Crippen LogP) is 5.90. The fourth-order valence-corrected chi connectivity index (χ4v) is 5.10. The molecule has 9 nitrogen and oxygen atoms in total. The van der Waals surface area contributed by atoms with Crippen LogP contribution in [0.15, 0.2) is 94.1 Å². The molecule has 0 fully saturated rings. The summed E-state index contributed by atoms with van der Waals surface area (Å²) in [5, 5.41) is 32.4. The summed E-state index contributed by atoms with van der Waals surface area (Å²) < 4.78 is 23.0. The molecule has 1 aromatic heterocycles. The number of benzene rings is 4. The SMILES string of the molecule is COC(=O)CC(c1cccc(OC)c1OCCc1ccccc1)c1c(O)c(O)c(O)c2c(=O)cc(-c3ccccc3)oc12. The van der Waals surface area contributed by atoms with E-state index in [0.717, 1.165) is 5.56 Å². The van der Waals surface area contributed by atoms with E-state index in [1.807, 2.05) is 30.3 Å². The van der Waals surface area contributed by atoms with Crippen molar-refractivity contribution in [3.63, 3.8) is 0 Å². The van der Waals surface area contributed by atoms with E-state index < -0.39 is 34.6 Å². The van der Waals surface area contributed by atoms with Gasteiger partial charge in [0, 0.05) is 35.1 Å². The number of hydrogen-bond acceptors (Lipinski definition) is 9. The molecule has 0 aliphatic rings. The van der Waals surface area contributed by atoms with Crippen LogP contribution in [-0.2, 0) is 16.0 Å². The molecule has 0 spiro atoms. The molecule has 0 saturated carbocycles. The van der Waals surface area contributed by atoms with Gasteiger partial charge >= 0.3 is 5.97 Å². The Morgan fingerprint density at radius 2 is 1.56 bits per heavy atom. The third kappa shape index (κ3) is 5.83. The lowest BCUT2D eigenvalue weighted by molar-refractivity contribution is -0.140. The van der Waals surface area contributed by atoms with Gasteiger partial charge in [0.15, 0.2) is 28.4 Å². The Labute approximate surface area is 247 Å². The second-order valence-electron chi connectivity index (χ2n) is 9.80. The van der Waals surface area contributed by atoms with Crippen LogP contribution in [0.25, 0.3) is 22.3 Å². The zero-order valence-corrected chi connectivity index (χ0v) is 23.6. The fraction of sp³-hybridized carbons (Fsp3) is 0.176. The van der Waals surface area contributed by atoms with Crippen molar-refractivity contribution in [2.75, 3.05) is 20.8 Å². The van der Waals surface area contributed by atoms with E-state index >= 15 is 0 Å². The highest BCUT2D eigenvalue weighted by Crippen LogP contribution is 2.51. The Morgan fingerprint density at radius 1 is 0.860 bits per heavy atom. The van der Waals surface area contributed by atoms with Gasteiger partial charge in [-0.2, -0.15) is 0 Å². The molecule has 5 rings (SSSR count). The number of aromatic hydroxyl groups is 3. The number of phenols is 3. The first-order valence-electron chi connectivity index (χ1n) is 13.5. The quantitative estimate of drug-likeness (QED) is 0.136. The highest BCUT2D eigenvalue weighted by molar-refractivity contribution is 5.94. The highest BCUT2D eigenvalue weighted by atomic mass is 16.5. The highest BCUT2D eigenvalue weighted by Gasteiger charge is 2.33.